The normalized spacial score (nSPS) is 12.2. The molecule has 0 aliphatic carbocycles. The van der Waals surface area contributed by atoms with E-state index in [4.69, 9.17) is 5.11 Å². The summed E-state index contributed by atoms with van der Waals surface area (Å²) < 4.78 is 4.59. The van der Waals surface area contributed by atoms with Crippen molar-refractivity contribution in [2.75, 3.05) is 12.9 Å². The highest BCUT2D eigenvalue weighted by Gasteiger charge is 2.04. The summed E-state index contributed by atoms with van der Waals surface area (Å²) >= 11 is 1.55. The Bertz CT molecular complexity index is 319. The summed E-state index contributed by atoms with van der Waals surface area (Å²) in [6.07, 6.45) is -0.324. The lowest BCUT2D eigenvalue weighted by Gasteiger charge is -2.04. The van der Waals surface area contributed by atoms with Crippen molar-refractivity contribution >= 4 is 17.7 Å². The Balaban J connectivity index is 2.60. The molecule has 0 heterocycles. The first-order valence-corrected chi connectivity index (χ1v) is 5.61. The second kappa shape index (κ2) is 5.78. The summed E-state index contributed by atoms with van der Waals surface area (Å²) in [6.45, 7) is 1.75. The quantitative estimate of drug-likeness (QED) is 0.629. The third kappa shape index (κ3) is 3.93. The van der Waals surface area contributed by atoms with Gasteiger partial charge in [0.2, 0.25) is 0 Å². The zero-order valence-corrected chi connectivity index (χ0v) is 9.58. The van der Waals surface area contributed by atoms with E-state index in [-0.39, 0.29) is 12.1 Å². The van der Waals surface area contributed by atoms with Crippen LogP contribution in [-0.4, -0.2) is 30.0 Å². The first-order chi connectivity index (χ1) is 7.13. The van der Waals surface area contributed by atoms with Crippen molar-refractivity contribution in [2.45, 2.75) is 17.9 Å². The van der Waals surface area contributed by atoms with E-state index in [0.717, 1.165) is 4.90 Å². The molecule has 0 radical (unpaired) electrons. The summed E-state index contributed by atoms with van der Waals surface area (Å²) in [5, 5.41) is 9.10. The molecule has 15 heavy (non-hydrogen) atoms. The monoisotopic (exact) mass is 226 g/mol. The first kappa shape index (κ1) is 12.1. The molecule has 0 aliphatic rings. The van der Waals surface area contributed by atoms with Crippen LogP contribution in [0.4, 0.5) is 0 Å². The molecule has 0 bridgehead atoms. The van der Waals surface area contributed by atoms with Gasteiger partial charge in [-0.3, -0.25) is 0 Å². The maximum absolute atomic E-state index is 11.1. The number of aliphatic hydroxyl groups excluding tert-OH is 1. The van der Waals surface area contributed by atoms with Gasteiger partial charge >= 0.3 is 5.97 Å². The van der Waals surface area contributed by atoms with Gasteiger partial charge in [0.25, 0.3) is 0 Å². The van der Waals surface area contributed by atoms with Crippen LogP contribution >= 0.6 is 11.8 Å². The van der Waals surface area contributed by atoms with Crippen LogP contribution in [0.5, 0.6) is 0 Å². The summed E-state index contributed by atoms with van der Waals surface area (Å²) in [6, 6.07) is 7.13. The molecule has 0 amide bonds. The maximum atomic E-state index is 11.1. The predicted molar refractivity (Wildman–Crippen MR) is 60.2 cm³/mol. The molecule has 0 saturated heterocycles. The molecule has 0 unspecified atom stereocenters. The Kier molecular flexibility index (Phi) is 4.65. The number of esters is 1. The van der Waals surface area contributed by atoms with Crippen molar-refractivity contribution in [2.24, 2.45) is 0 Å². The Morgan fingerprint density at radius 3 is 2.53 bits per heavy atom. The van der Waals surface area contributed by atoms with Crippen LogP contribution in [0.2, 0.25) is 0 Å². The van der Waals surface area contributed by atoms with E-state index in [9.17, 15) is 4.79 Å². The van der Waals surface area contributed by atoms with E-state index in [2.05, 4.69) is 4.74 Å². The van der Waals surface area contributed by atoms with Gasteiger partial charge in [-0.15, -0.1) is 11.8 Å². The van der Waals surface area contributed by atoms with Crippen LogP contribution < -0.4 is 0 Å². The number of rotatable bonds is 4. The van der Waals surface area contributed by atoms with Gasteiger partial charge in [0.15, 0.2) is 0 Å². The van der Waals surface area contributed by atoms with Crippen LogP contribution in [0, 0.1) is 0 Å². The van der Waals surface area contributed by atoms with Crippen LogP contribution in [0.15, 0.2) is 29.2 Å². The molecule has 3 nitrogen and oxygen atoms in total. The first-order valence-electron chi connectivity index (χ1n) is 4.62. The minimum absolute atomic E-state index is 0.324. The van der Waals surface area contributed by atoms with E-state index < -0.39 is 0 Å². The molecule has 4 heteroatoms. The second-order valence-corrected chi connectivity index (χ2v) is 4.27. The van der Waals surface area contributed by atoms with E-state index in [1.165, 1.54) is 7.11 Å². The van der Waals surface area contributed by atoms with Crippen molar-refractivity contribution < 1.29 is 14.6 Å². The number of ether oxygens (including phenoxy) is 1. The van der Waals surface area contributed by atoms with Crippen LogP contribution in [0.3, 0.4) is 0 Å². The smallest absolute Gasteiger partial charge is 0.337 e. The van der Waals surface area contributed by atoms with Gasteiger partial charge in [-0.2, -0.15) is 0 Å². The minimum atomic E-state index is -0.331. The lowest BCUT2D eigenvalue weighted by atomic mass is 10.2. The van der Waals surface area contributed by atoms with Gasteiger partial charge in [0.1, 0.15) is 0 Å². The molecule has 0 saturated carbocycles. The number of methoxy groups -OCH3 is 1. The Morgan fingerprint density at radius 2 is 2.07 bits per heavy atom. The Morgan fingerprint density at radius 1 is 1.47 bits per heavy atom. The summed E-state index contributed by atoms with van der Waals surface area (Å²) in [5.41, 5.74) is 0.541. The van der Waals surface area contributed by atoms with Gasteiger partial charge in [-0.25, -0.2) is 4.79 Å². The molecule has 1 aromatic rings. The van der Waals surface area contributed by atoms with Crippen LogP contribution in [-0.2, 0) is 4.74 Å². The van der Waals surface area contributed by atoms with Crippen molar-refractivity contribution in [1.29, 1.82) is 0 Å². The highest BCUT2D eigenvalue weighted by molar-refractivity contribution is 7.99. The zero-order chi connectivity index (χ0) is 11.3. The largest absolute Gasteiger partial charge is 0.465 e. The highest BCUT2D eigenvalue weighted by atomic mass is 32.2. The van der Waals surface area contributed by atoms with E-state index in [1.54, 1.807) is 30.8 Å². The molecule has 82 valence electrons. The maximum Gasteiger partial charge on any atom is 0.337 e. The number of aliphatic hydroxyl groups is 1. The van der Waals surface area contributed by atoms with Crippen LogP contribution in [0.1, 0.15) is 17.3 Å². The fraction of sp³-hybridized carbons (Fsp3) is 0.364. The standard InChI is InChI=1S/C11H14O3S/c1-8(12)7-15-10-5-3-9(4-6-10)11(13)14-2/h3-6,8,12H,7H2,1-2H3/t8-/m1/s1. The van der Waals surface area contributed by atoms with Crippen molar-refractivity contribution in [3.8, 4) is 0 Å². The number of thioether (sulfide) groups is 1. The average molecular weight is 226 g/mol. The molecule has 0 fully saturated rings. The van der Waals surface area contributed by atoms with Gasteiger partial charge in [-0.1, -0.05) is 0 Å². The van der Waals surface area contributed by atoms with E-state index in [1.807, 2.05) is 12.1 Å². The lowest BCUT2D eigenvalue weighted by molar-refractivity contribution is 0.0600. The molecular formula is C11H14O3S. The zero-order valence-electron chi connectivity index (χ0n) is 8.77. The van der Waals surface area contributed by atoms with Crippen molar-refractivity contribution in [3.63, 3.8) is 0 Å². The molecular weight excluding hydrogens is 212 g/mol. The Hall–Kier alpha value is -1.00. The molecule has 0 spiro atoms. The van der Waals surface area contributed by atoms with Crippen molar-refractivity contribution in [3.05, 3.63) is 29.8 Å². The SMILES string of the molecule is COC(=O)c1ccc(SC[C@@H](C)O)cc1. The third-order valence-electron chi connectivity index (χ3n) is 1.77. The van der Waals surface area contributed by atoms with Gasteiger partial charge < -0.3 is 9.84 Å². The van der Waals surface area contributed by atoms with Crippen molar-refractivity contribution in [1.82, 2.24) is 0 Å². The number of carbonyl (C=O) groups is 1. The van der Waals surface area contributed by atoms with Gasteiger partial charge in [0.05, 0.1) is 18.8 Å². The molecule has 0 aromatic heterocycles. The van der Waals surface area contributed by atoms with Crippen LogP contribution in [0.25, 0.3) is 0 Å². The van der Waals surface area contributed by atoms with Gasteiger partial charge in [-0.05, 0) is 31.2 Å². The van der Waals surface area contributed by atoms with E-state index in [0.29, 0.717) is 11.3 Å². The molecule has 1 N–H and O–H groups in total. The summed E-state index contributed by atoms with van der Waals surface area (Å²) in [5.74, 6) is 0.319. The molecule has 1 atom stereocenters. The average Bonchev–Trinajstić information content (AvgIpc) is 2.26. The van der Waals surface area contributed by atoms with E-state index >= 15 is 0 Å². The highest BCUT2D eigenvalue weighted by Crippen LogP contribution is 2.19. The topological polar surface area (TPSA) is 46.5 Å². The number of benzene rings is 1. The number of hydrogen-bond donors (Lipinski definition) is 1. The predicted octanol–water partition coefficient (Wildman–Crippen LogP) is 1.95. The number of hydrogen-bond acceptors (Lipinski definition) is 4. The molecule has 1 aromatic carbocycles. The Labute approximate surface area is 93.4 Å². The second-order valence-electron chi connectivity index (χ2n) is 3.18. The summed E-state index contributed by atoms with van der Waals surface area (Å²) in [7, 11) is 1.36. The lowest BCUT2D eigenvalue weighted by Crippen LogP contribution is -2.03. The fourth-order valence-corrected chi connectivity index (χ4v) is 1.78. The molecule has 0 aliphatic heterocycles. The molecule has 1 rings (SSSR count). The fourth-order valence-electron chi connectivity index (χ4n) is 1.02. The third-order valence-corrected chi connectivity index (χ3v) is 3.02. The number of carbonyl (C=O) groups excluding carboxylic acids is 1. The summed E-state index contributed by atoms with van der Waals surface area (Å²) in [4.78, 5) is 12.2. The van der Waals surface area contributed by atoms with Gasteiger partial charge in [0, 0.05) is 10.6 Å². The minimum Gasteiger partial charge on any atom is -0.465 e.